The van der Waals surface area contributed by atoms with Crippen LogP contribution in [0.3, 0.4) is 0 Å². The van der Waals surface area contributed by atoms with Gasteiger partial charge >= 0.3 is 0 Å². The molecule has 0 aliphatic carbocycles. The molecule has 2 N–H and O–H groups in total. The molecule has 0 saturated carbocycles. The molecule has 6 heteroatoms. The second-order valence-electron chi connectivity index (χ2n) is 6.54. The first-order valence-electron chi connectivity index (χ1n) is 8.54. The van der Waals surface area contributed by atoms with Crippen LogP contribution in [0.1, 0.15) is 5.56 Å². The number of anilines is 1. The van der Waals surface area contributed by atoms with Crippen LogP contribution in [0, 0.1) is 5.92 Å². The smallest absolute Gasteiger partial charge is 0.124 e. The average molecular weight is 329 g/mol. The maximum atomic E-state index is 5.92. The first kappa shape index (κ1) is 16.8. The van der Waals surface area contributed by atoms with Gasteiger partial charge in [0, 0.05) is 50.3 Å². The molecule has 24 heavy (non-hydrogen) atoms. The van der Waals surface area contributed by atoms with Crippen LogP contribution in [0.2, 0.25) is 0 Å². The van der Waals surface area contributed by atoms with E-state index in [2.05, 4.69) is 46.9 Å². The highest BCUT2D eigenvalue weighted by atomic mass is 16.5. The van der Waals surface area contributed by atoms with E-state index in [0.29, 0.717) is 12.5 Å². The summed E-state index contributed by atoms with van der Waals surface area (Å²) >= 11 is 0. The molecule has 2 heterocycles. The highest BCUT2D eigenvalue weighted by Gasteiger charge is 2.17. The molecule has 1 aliphatic rings. The summed E-state index contributed by atoms with van der Waals surface area (Å²) in [5, 5.41) is 11.3. The van der Waals surface area contributed by atoms with Crippen molar-refractivity contribution in [3.05, 3.63) is 42.1 Å². The van der Waals surface area contributed by atoms with Gasteiger partial charge in [-0.05, 0) is 20.2 Å². The zero-order valence-electron chi connectivity index (χ0n) is 14.5. The molecule has 3 rings (SSSR count). The number of benzene rings is 1. The van der Waals surface area contributed by atoms with Gasteiger partial charge in [-0.3, -0.25) is 0 Å². The Kier molecular flexibility index (Phi) is 5.72. The second kappa shape index (κ2) is 8.17. The molecule has 1 aliphatic heterocycles. The minimum Gasteiger partial charge on any atom is -0.492 e. The number of hydrogen-bond acceptors (Lipinski definition) is 5. The average Bonchev–Trinajstić information content (AvgIpc) is 3.03. The Morgan fingerprint density at radius 3 is 3.08 bits per heavy atom. The van der Waals surface area contributed by atoms with E-state index in [9.17, 15) is 0 Å². The Balaban J connectivity index is 1.46. The van der Waals surface area contributed by atoms with Crippen LogP contribution in [0.15, 0.2) is 36.5 Å². The highest BCUT2D eigenvalue weighted by molar-refractivity contribution is 5.35. The van der Waals surface area contributed by atoms with Crippen molar-refractivity contribution in [2.24, 2.45) is 5.92 Å². The molecule has 0 amide bonds. The molecule has 1 aromatic heterocycles. The molecule has 130 valence electrons. The van der Waals surface area contributed by atoms with Gasteiger partial charge in [-0.15, -0.1) is 0 Å². The van der Waals surface area contributed by atoms with E-state index in [4.69, 9.17) is 4.74 Å². The maximum Gasteiger partial charge on any atom is 0.124 e. The van der Waals surface area contributed by atoms with Gasteiger partial charge in [0.2, 0.25) is 0 Å². The van der Waals surface area contributed by atoms with Gasteiger partial charge in [0.05, 0.1) is 6.20 Å². The summed E-state index contributed by atoms with van der Waals surface area (Å²) in [5.41, 5.74) is 1.21. The summed E-state index contributed by atoms with van der Waals surface area (Å²) in [6, 6.07) is 10.3. The van der Waals surface area contributed by atoms with Crippen molar-refractivity contribution in [2.75, 3.05) is 45.7 Å². The molecular formula is C18H27N5O. The number of hydrogen-bond donors (Lipinski definition) is 2. The van der Waals surface area contributed by atoms with Gasteiger partial charge in [0.15, 0.2) is 0 Å². The predicted octanol–water partition coefficient (Wildman–Crippen LogP) is 1.65. The first-order chi connectivity index (χ1) is 11.7. The van der Waals surface area contributed by atoms with Crippen molar-refractivity contribution in [1.82, 2.24) is 20.0 Å². The SMILES string of the molecule is CN(C)CCOc1ccccc1CNC[C@@H]1CNc2ccnn2C1. The van der Waals surface area contributed by atoms with Crippen LogP contribution in [-0.2, 0) is 13.1 Å². The summed E-state index contributed by atoms with van der Waals surface area (Å²) < 4.78 is 7.95. The lowest BCUT2D eigenvalue weighted by Gasteiger charge is -2.25. The molecule has 0 fully saturated rings. The fraction of sp³-hybridized carbons (Fsp3) is 0.500. The lowest BCUT2D eigenvalue weighted by molar-refractivity contribution is 0.259. The third-order valence-corrected chi connectivity index (χ3v) is 4.24. The lowest BCUT2D eigenvalue weighted by Crippen LogP contribution is -2.35. The molecule has 1 atom stereocenters. The molecule has 0 unspecified atom stereocenters. The van der Waals surface area contributed by atoms with E-state index >= 15 is 0 Å². The number of ether oxygens (including phenoxy) is 1. The Hall–Kier alpha value is -2.05. The molecule has 0 radical (unpaired) electrons. The van der Waals surface area contributed by atoms with Crippen LogP contribution in [-0.4, -0.2) is 55.0 Å². The maximum absolute atomic E-state index is 5.92. The van der Waals surface area contributed by atoms with Gasteiger partial charge in [-0.1, -0.05) is 18.2 Å². The molecule has 1 aromatic carbocycles. The minimum absolute atomic E-state index is 0.541. The van der Waals surface area contributed by atoms with Gasteiger partial charge in [0.25, 0.3) is 0 Å². The first-order valence-corrected chi connectivity index (χ1v) is 8.54. The standard InChI is InChI=1S/C18H27N5O/c1-22(2)9-10-24-17-6-4-3-5-16(17)13-19-11-15-12-20-18-7-8-21-23(18)14-15/h3-8,15,19-20H,9-14H2,1-2H3/t15-/m1/s1. The number of aromatic nitrogens is 2. The zero-order chi connectivity index (χ0) is 16.8. The number of fused-ring (bicyclic) bond motifs is 1. The summed E-state index contributed by atoms with van der Waals surface area (Å²) in [7, 11) is 4.11. The monoisotopic (exact) mass is 329 g/mol. The normalized spacial score (nSPS) is 16.7. The van der Waals surface area contributed by atoms with Crippen LogP contribution in [0.4, 0.5) is 5.82 Å². The fourth-order valence-electron chi connectivity index (χ4n) is 2.86. The molecule has 0 spiro atoms. The van der Waals surface area contributed by atoms with Crippen LogP contribution in [0.25, 0.3) is 0 Å². The van der Waals surface area contributed by atoms with E-state index in [1.807, 2.05) is 29.1 Å². The van der Waals surface area contributed by atoms with Gasteiger partial charge in [-0.25, -0.2) is 4.68 Å². The largest absolute Gasteiger partial charge is 0.492 e. The van der Waals surface area contributed by atoms with E-state index in [0.717, 1.165) is 44.3 Å². The van der Waals surface area contributed by atoms with Gasteiger partial charge < -0.3 is 20.3 Å². The molecule has 6 nitrogen and oxygen atoms in total. The van der Waals surface area contributed by atoms with Crippen LogP contribution < -0.4 is 15.4 Å². The van der Waals surface area contributed by atoms with Crippen LogP contribution >= 0.6 is 0 Å². The number of para-hydroxylation sites is 1. The lowest BCUT2D eigenvalue weighted by atomic mass is 10.1. The van der Waals surface area contributed by atoms with Crippen molar-refractivity contribution in [2.45, 2.75) is 13.1 Å². The quantitative estimate of drug-likeness (QED) is 0.771. The van der Waals surface area contributed by atoms with Crippen molar-refractivity contribution in [3.8, 4) is 5.75 Å². The number of nitrogens with zero attached hydrogens (tertiary/aromatic N) is 3. The molecule has 0 bridgehead atoms. The third-order valence-electron chi connectivity index (χ3n) is 4.24. The summed E-state index contributed by atoms with van der Waals surface area (Å²) in [4.78, 5) is 2.13. The summed E-state index contributed by atoms with van der Waals surface area (Å²) in [5.74, 6) is 2.63. The number of nitrogens with one attached hydrogen (secondary N) is 2. The zero-order valence-corrected chi connectivity index (χ0v) is 14.5. The van der Waals surface area contributed by atoms with Crippen molar-refractivity contribution < 1.29 is 4.74 Å². The van der Waals surface area contributed by atoms with E-state index in [1.165, 1.54) is 5.56 Å². The van der Waals surface area contributed by atoms with Gasteiger partial charge in [-0.2, -0.15) is 5.10 Å². The van der Waals surface area contributed by atoms with Crippen molar-refractivity contribution in [1.29, 1.82) is 0 Å². The van der Waals surface area contributed by atoms with E-state index < -0.39 is 0 Å². The molecular weight excluding hydrogens is 302 g/mol. The number of rotatable bonds is 8. The molecule has 2 aromatic rings. The Morgan fingerprint density at radius 2 is 2.21 bits per heavy atom. The highest BCUT2D eigenvalue weighted by Crippen LogP contribution is 2.19. The summed E-state index contributed by atoms with van der Waals surface area (Å²) in [6.07, 6.45) is 1.85. The predicted molar refractivity (Wildman–Crippen MR) is 96.4 cm³/mol. The fourth-order valence-corrected chi connectivity index (χ4v) is 2.86. The minimum atomic E-state index is 0.541. The van der Waals surface area contributed by atoms with E-state index in [-0.39, 0.29) is 0 Å². The van der Waals surface area contributed by atoms with E-state index in [1.54, 1.807) is 0 Å². The third kappa shape index (κ3) is 4.49. The summed E-state index contributed by atoms with van der Waals surface area (Å²) in [6.45, 7) is 5.35. The Labute approximate surface area is 143 Å². The number of likely N-dealkylation sites (N-methyl/N-ethyl adjacent to an activating group) is 1. The Morgan fingerprint density at radius 1 is 1.33 bits per heavy atom. The molecule has 0 saturated heterocycles. The van der Waals surface area contributed by atoms with Crippen LogP contribution in [0.5, 0.6) is 5.75 Å². The Bertz CT molecular complexity index is 640. The van der Waals surface area contributed by atoms with Crippen molar-refractivity contribution in [3.63, 3.8) is 0 Å². The van der Waals surface area contributed by atoms with Gasteiger partial charge in [0.1, 0.15) is 18.2 Å². The second-order valence-corrected chi connectivity index (χ2v) is 6.54. The topological polar surface area (TPSA) is 54.4 Å². The van der Waals surface area contributed by atoms with Crippen molar-refractivity contribution >= 4 is 5.82 Å².